The third-order valence-corrected chi connectivity index (χ3v) is 5.81. The minimum atomic E-state index is -0.352. The van der Waals surface area contributed by atoms with E-state index in [1.165, 1.54) is 12.1 Å². The third-order valence-electron chi connectivity index (χ3n) is 5.81. The second-order valence-electron chi connectivity index (χ2n) is 8.13. The van der Waals surface area contributed by atoms with Crippen molar-refractivity contribution in [2.45, 2.75) is 6.92 Å². The summed E-state index contributed by atoms with van der Waals surface area (Å²) in [6.45, 7) is 2.75. The van der Waals surface area contributed by atoms with E-state index in [-0.39, 0.29) is 23.2 Å². The van der Waals surface area contributed by atoms with Crippen molar-refractivity contribution in [2.24, 2.45) is 0 Å². The number of aromatic nitrogens is 4. The number of amides is 1. The molecular weight excluding hydrogens is 447 g/mol. The van der Waals surface area contributed by atoms with Crippen LogP contribution in [0.2, 0.25) is 0 Å². The van der Waals surface area contributed by atoms with Crippen molar-refractivity contribution >= 4 is 28.3 Å². The molecule has 9 heteroatoms. The van der Waals surface area contributed by atoms with Crippen molar-refractivity contribution in [3.8, 4) is 22.5 Å². The molecule has 0 bridgehead atoms. The monoisotopic (exact) mass is 470 g/mol. The Morgan fingerprint density at radius 1 is 1.11 bits per heavy atom. The first-order valence-corrected chi connectivity index (χ1v) is 11.0. The maximum atomic E-state index is 13.7. The Morgan fingerprint density at radius 2 is 1.89 bits per heavy atom. The van der Waals surface area contributed by atoms with Gasteiger partial charge < -0.3 is 15.8 Å². The summed E-state index contributed by atoms with van der Waals surface area (Å²) in [4.78, 5) is 26.2. The maximum Gasteiger partial charge on any atom is 0.271 e. The Bertz CT molecular complexity index is 1560. The van der Waals surface area contributed by atoms with E-state index in [2.05, 4.69) is 20.3 Å². The molecule has 176 valence electrons. The fraction of sp³-hybridized carbons (Fsp3) is 0.154. The molecule has 0 aliphatic carbocycles. The van der Waals surface area contributed by atoms with Gasteiger partial charge in [-0.05, 0) is 55.0 Å². The van der Waals surface area contributed by atoms with E-state index in [0.29, 0.717) is 35.8 Å². The van der Waals surface area contributed by atoms with Crippen LogP contribution in [0.4, 0.5) is 10.2 Å². The number of imidazole rings is 1. The molecule has 1 amide bonds. The number of carbonyl (C=O) groups excluding carboxylic acids is 1. The van der Waals surface area contributed by atoms with Crippen molar-refractivity contribution in [1.82, 2.24) is 24.7 Å². The van der Waals surface area contributed by atoms with Crippen LogP contribution in [0.1, 0.15) is 16.1 Å². The Balaban J connectivity index is 1.76. The van der Waals surface area contributed by atoms with Crippen LogP contribution in [0, 0.1) is 12.7 Å². The van der Waals surface area contributed by atoms with Crippen molar-refractivity contribution < 1.29 is 13.9 Å². The number of anilines is 1. The number of benzene rings is 2. The molecule has 0 aliphatic rings. The Labute approximate surface area is 200 Å². The zero-order chi connectivity index (χ0) is 24.5. The Kier molecular flexibility index (Phi) is 5.84. The molecule has 3 aromatic heterocycles. The summed E-state index contributed by atoms with van der Waals surface area (Å²) in [5.41, 5.74) is 11.5. The largest absolute Gasteiger partial charge is 0.383 e. The van der Waals surface area contributed by atoms with Gasteiger partial charge in [0.05, 0.1) is 23.5 Å². The summed E-state index contributed by atoms with van der Waals surface area (Å²) in [5.74, 6) is -0.546. The maximum absolute atomic E-state index is 13.7. The lowest BCUT2D eigenvalue weighted by Gasteiger charge is -2.14. The molecule has 2 aromatic carbocycles. The second kappa shape index (κ2) is 9.11. The normalized spacial score (nSPS) is 11.3. The van der Waals surface area contributed by atoms with E-state index in [1.54, 1.807) is 36.0 Å². The SMILES string of the molecule is COCCNC(=O)c1cn2c(-c3ccc4nccc(C)c4c3)c(-c3ccc(F)cc3)nc(N)c2n1. The van der Waals surface area contributed by atoms with Crippen LogP contribution in [0.15, 0.2) is 60.9 Å². The number of nitrogens with zero attached hydrogens (tertiary/aromatic N) is 4. The number of hydrogen-bond acceptors (Lipinski definition) is 6. The van der Waals surface area contributed by atoms with Crippen molar-refractivity contribution in [3.63, 3.8) is 0 Å². The first kappa shape index (κ1) is 22.4. The topological polar surface area (TPSA) is 107 Å². The van der Waals surface area contributed by atoms with Gasteiger partial charge in [0, 0.05) is 42.6 Å². The average Bonchev–Trinajstić information content (AvgIpc) is 3.31. The number of nitrogen functional groups attached to an aromatic ring is 1. The van der Waals surface area contributed by atoms with E-state index < -0.39 is 0 Å². The van der Waals surface area contributed by atoms with Crippen LogP contribution >= 0.6 is 0 Å². The van der Waals surface area contributed by atoms with Crippen molar-refractivity contribution in [3.05, 3.63) is 78.0 Å². The lowest BCUT2D eigenvalue weighted by molar-refractivity contribution is 0.0932. The van der Waals surface area contributed by atoms with Gasteiger partial charge in [-0.3, -0.25) is 14.2 Å². The number of pyridine rings is 1. The van der Waals surface area contributed by atoms with Gasteiger partial charge in [0.25, 0.3) is 5.91 Å². The zero-order valence-corrected chi connectivity index (χ0v) is 19.2. The van der Waals surface area contributed by atoms with Gasteiger partial charge in [0.1, 0.15) is 11.5 Å². The fourth-order valence-corrected chi connectivity index (χ4v) is 4.05. The van der Waals surface area contributed by atoms with Crippen LogP contribution in [0.5, 0.6) is 0 Å². The molecule has 5 rings (SSSR count). The van der Waals surface area contributed by atoms with Gasteiger partial charge in [-0.2, -0.15) is 0 Å². The van der Waals surface area contributed by atoms with E-state index >= 15 is 0 Å². The highest BCUT2D eigenvalue weighted by molar-refractivity contribution is 5.95. The molecular formula is C26H23FN6O2. The molecule has 35 heavy (non-hydrogen) atoms. The van der Waals surface area contributed by atoms with Gasteiger partial charge in [0.15, 0.2) is 11.5 Å². The van der Waals surface area contributed by atoms with Crippen LogP contribution in [-0.2, 0) is 4.74 Å². The molecule has 5 aromatic rings. The minimum Gasteiger partial charge on any atom is -0.383 e. The zero-order valence-electron chi connectivity index (χ0n) is 19.2. The summed E-state index contributed by atoms with van der Waals surface area (Å²) < 4.78 is 20.4. The fourth-order valence-electron chi connectivity index (χ4n) is 4.05. The number of aryl methyl sites for hydroxylation is 1. The molecule has 0 radical (unpaired) electrons. The summed E-state index contributed by atoms with van der Waals surface area (Å²) in [6.07, 6.45) is 3.41. The molecule has 3 N–H and O–H groups in total. The van der Waals surface area contributed by atoms with Gasteiger partial charge in [0.2, 0.25) is 0 Å². The number of rotatable bonds is 6. The van der Waals surface area contributed by atoms with Gasteiger partial charge in [-0.1, -0.05) is 6.07 Å². The number of halogens is 1. The molecule has 0 saturated heterocycles. The first-order chi connectivity index (χ1) is 17.0. The molecule has 0 spiro atoms. The number of hydrogen-bond donors (Lipinski definition) is 2. The first-order valence-electron chi connectivity index (χ1n) is 11.0. The lowest BCUT2D eigenvalue weighted by Crippen LogP contribution is -2.27. The summed E-state index contributed by atoms with van der Waals surface area (Å²) in [7, 11) is 1.56. The molecule has 3 heterocycles. The number of ether oxygens (including phenoxy) is 1. The number of methoxy groups -OCH3 is 1. The quantitative estimate of drug-likeness (QED) is 0.363. The van der Waals surface area contributed by atoms with Gasteiger partial charge in [-0.25, -0.2) is 14.4 Å². The lowest BCUT2D eigenvalue weighted by atomic mass is 10.0. The molecule has 8 nitrogen and oxygen atoms in total. The number of nitrogens with one attached hydrogen (secondary N) is 1. The average molecular weight is 471 g/mol. The third kappa shape index (κ3) is 4.17. The summed E-state index contributed by atoms with van der Waals surface area (Å²) in [6, 6.07) is 13.9. The van der Waals surface area contributed by atoms with E-state index in [0.717, 1.165) is 22.0 Å². The predicted molar refractivity (Wildman–Crippen MR) is 132 cm³/mol. The highest BCUT2D eigenvalue weighted by Gasteiger charge is 2.21. The van der Waals surface area contributed by atoms with E-state index in [9.17, 15) is 9.18 Å². The minimum absolute atomic E-state index is 0.155. The number of fused-ring (bicyclic) bond motifs is 2. The van der Waals surface area contributed by atoms with Crippen LogP contribution in [0.25, 0.3) is 39.1 Å². The van der Waals surface area contributed by atoms with E-state index in [4.69, 9.17) is 10.5 Å². The van der Waals surface area contributed by atoms with Crippen LogP contribution < -0.4 is 11.1 Å². The Morgan fingerprint density at radius 3 is 2.66 bits per heavy atom. The molecule has 0 atom stereocenters. The smallest absolute Gasteiger partial charge is 0.271 e. The van der Waals surface area contributed by atoms with E-state index in [1.807, 2.05) is 31.2 Å². The molecule has 0 fully saturated rings. The van der Waals surface area contributed by atoms with Crippen LogP contribution in [0.3, 0.4) is 0 Å². The molecule has 0 saturated carbocycles. The Hall–Kier alpha value is -4.37. The van der Waals surface area contributed by atoms with Crippen molar-refractivity contribution in [1.29, 1.82) is 0 Å². The summed E-state index contributed by atoms with van der Waals surface area (Å²) in [5, 5.41) is 3.76. The molecule has 0 aliphatic heterocycles. The van der Waals surface area contributed by atoms with Crippen molar-refractivity contribution in [2.75, 3.05) is 26.0 Å². The molecule has 0 unspecified atom stereocenters. The predicted octanol–water partition coefficient (Wildman–Crippen LogP) is 4.02. The summed E-state index contributed by atoms with van der Waals surface area (Å²) >= 11 is 0. The second-order valence-corrected chi connectivity index (χ2v) is 8.13. The number of carbonyl (C=O) groups is 1. The highest BCUT2D eigenvalue weighted by atomic mass is 19.1. The van der Waals surface area contributed by atoms with Crippen LogP contribution in [-0.4, -0.2) is 45.5 Å². The van der Waals surface area contributed by atoms with Gasteiger partial charge in [-0.15, -0.1) is 0 Å². The standard InChI is InChI=1S/C26H23FN6O2/c1-15-9-10-29-20-8-5-17(13-19(15)20)23-22(16-3-6-18(27)7-4-16)32-24(28)25-31-21(14-33(23)25)26(34)30-11-12-35-2/h3-10,13-14H,11-12H2,1-2H3,(H2,28,32)(H,30,34). The highest BCUT2D eigenvalue weighted by Crippen LogP contribution is 2.35. The number of nitrogens with two attached hydrogens (primary N) is 1. The van der Waals surface area contributed by atoms with Gasteiger partial charge >= 0.3 is 0 Å².